The fourth-order valence-electron chi connectivity index (χ4n) is 1.72. The highest BCUT2D eigenvalue weighted by Gasteiger charge is 2.20. The molecule has 0 saturated heterocycles. The number of amides is 1. The van der Waals surface area contributed by atoms with E-state index < -0.39 is 0 Å². The summed E-state index contributed by atoms with van der Waals surface area (Å²) in [5.74, 6) is 1.27. The van der Waals surface area contributed by atoms with E-state index in [4.69, 9.17) is 4.74 Å². The molecule has 1 heterocycles. The van der Waals surface area contributed by atoms with E-state index in [9.17, 15) is 4.79 Å². The summed E-state index contributed by atoms with van der Waals surface area (Å²) in [6.07, 6.45) is 6.48. The lowest BCUT2D eigenvalue weighted by Crippen LogP contribution is -2.26. The first-order valence-corrected chi connectivity index (χ1v) is 7.21. The molecule has 0 atom stereocenters. The molecule has 1 aromatic heterocycles. The molecule has 20 heavy (non-hydrogen) atoms. The van der Waals surface area contributed by atoms with Crippen molar-refractivity contribution in [2.24, 2.45) is 5.92 Å². The number of nitrogens with zero attached hydrogens (tertiary/aromatic N) is 2. The van der Waals surface area contributed by atoms with Crippen molar-refractivity contribution >= 4 is 11.7 Å². The van der Waals surface area contributed by atoms with Gasteiger partial charge in [-0.1, -0.05) is 0 Å². The first-order valence-electron chi connectivity index (χ1n) is 7.21. The van der Waals surface area contributed by atoms with Crippen molar-refractivity contribution in [2.45, 2.75) is 26.2 Å². The maximum absolute atomic E-state index is 11.8. The third-order valence-corrected chi connectivity index (χ3v) is 3.04. The van der Waals surface area contributed by atoms with E-state index in [0.717, 1.165) is 25.5 Å². The Kier molecular flexibility index (Phi) is 5.73. The van der Waals surface area contributed by atoms with Crippen LogP contribution in [-0.2, 0) is 4.74 Å². The largest absolute Gasteiger partial charge is 0.381 e. The third kappa shape index (κ3) is 5.13. The van der Waals surface area contributed by atoms with Crippen molar-refractivity contribution in [3.05, 3.63) is 18.1 Å². The number of hydrogen-bond donors (Lipinski definition) is 2. The number of nitrogens with one attached hydrogen (secondary N) is 2. The van der Waals surface area contributed by atoms with Gasteiger partial charge in [-0.25, -0.2) is 9.97 Å². The first kappa shape index (κ1) is 14.7. The zero-order chi connectivity index (χ0) is 14.2. The van der Waals surface area contributed by atoms with Gasteiger partial charge in [0.2, 0.25) is 0 Å². The molecular formula is C14H22N4O2. The average Bonchev–Trinajstić information content (AvgIpc) is 3.28. The number of rotatable bonds is 9. The van der Waals surface area contributed by atoms with Gasteiger partial charge in [-0.15, -0.1) is 0 Å². The van der Waals surface area contributed by atoms with Crippen LogP contribution in [0, 0.1) is 5.92 Å². The Morgan fingerprint density at radius 1 is 1.40 bits per heavy atom. The molecule has 1 aliphatic carbocycles. The second-order valence-corrected chi connectivity index (χ2v) is 4.94. The van der Waals surface area contributed by atoms with Crippen molar-refractivity contribution in [3.8, 4) is 0 Å². The number of aromatic nitrogens is 2. The summed E-state index contributed by atoms with van der Waals surface area (Å²) in [6.45, 7) is 4.92. The van der Waals surface area contributed by atoms with Gasteiger partial charge in [0.25, 0.3) is 5.91 Å². The topological polar surface area (TPSA) is 76.1 Å². The maximum Gasteiger partial charge on any atom is 0.271 e. The molecule has 6 nitrogen and oxygen atoms in total. The Balaban J connectivity index is 1.60. The van der Waals surface area contributed by atoms with Crippen LogP contribution in [0.5, 0.6) is 0 Å². The Labute approximate surface area is 119 Å². The predicted octanol–water partition coefficient (Wildman–Crippen LogP) is 1.45. The molecule has 0 spiro atoms. The summed E-state index contributed by atoms with van der Waals surface area (Å²) in [4.78, 5) is 20.0. The number of anilines is 1. The molecular weight excluding hydrogens is 256 g/mol. The summed E-state index contributed by atoms with van der Waals surface area (Å²) in [5, 5.41) is 5.84. The summed E-state index contributed by atoms with van der Waals surface area (Å²) in [7, 11) is 0. The zero-order valence-corrected chi connectivity index (χ0v) is 11.9. The van der Waals surface area contributed by atoms with E-state index in [0.29, 0.717) is 24.7 Å². The van der Waals surface area contributed by atoms with Crippen LogP contribution in [0.15, 0.2) is 12.4 Å². The first-order chi connectivity index (χ1) is 9.79. The summed E-state index contributed by atoms with van der Waals surface area (Å²) in [6, 6.07) is 0. The fourth-order valence-corrected chi connectivity index (χ4v) is 1.72. The molecule has 2 rings (SSSR count). The molecule has 6 heteroatoms. The van der Waals surface area contributed by atoms with E-state index in [1.807, 2.05) is 6.92 Å². The minimum absolute atomic E-state index is 0.192. The Bertz CT molecular complexity index is 418. The summed E-state index contributed by atoms with van der Waals surface area (Å²) in [5.41, 5.74) is 0.338. The predicted molar refractivity (Wildman–Crippen MR) is 76.7 cm³/mol. The second kappa shape index (κ2) is 7.79. The van der Waals surface area contributed by atoms with Crippen molar-refractivity contribution in [1.29, 1.82) is 0 Å². The lowest BCUT2D eigenvalue weighted by atomic mass is 10.4. The van der Waals surface area contributed by atoms with Crippen LogP contribution in [0.1, 0.15) is 36.7 Å². The van der Waals surface area contributed by atoms with Crippen LogP contribution < -0.4 is 10.6 Å². The highest BCUT2D eigenvalue weighted by molar-refractivity contribution is 5.91. The van der Waals surface area contributed by atoms with Crippen LogP contribution in [0.2, 0.25) is 0 Å². The van der Waals surface area contributed by atoms with Gasteiger partial charge in [-0.2, -0.15) is 0 Å². The van der Waals surface area contributed by atoms with Gasteiger partial charge in [-0.05, 0) is 32.1 Å². The molecule has 1 saturated carbocycles. The highest BCUT2D eigenvalue weighted by Crippen LogP contribution is 2.28. The molecule has 1 aliphatic rings. The van der Waals surface area contributed by atoms with Crippen molar-refractivity contribution in [3.63, 3.8) is 0 Å². The monoisotopic (exact) mass is 278 g/mol. The summed E-state index contributed by atoms with van der Waals surface area (Å²) >= 11 is 0. The van der Waals surface area contributed by atoms with Gasteiger partial charge in [0, 0.05) is 26.3 Å². The van der Waals surface area contributed by atoms with Gasteiger partial charge >= 0.3 is 0 Å². The summed E-state index contributed by atoms with van der Waals surface area (Å²) < 4.78 is 5.50. The smallest absolute Gasteiger partial charge is 0.271 e. The molecule has 1 amide bonds. The van der Waals surface area contributed by atoms with Crippen LogP contribution >= 0.6 is 0 Å². The average molecular weight is 278 g/mol. The normalized spacial score (nSPS) is 14.1. The van der Waals surface area contributed by atoms with Gasteiger partial charge in [0.15, 0.2) is 0 Å². The molecule has 1 fully saturated rings. The molecule has 2 N–H and O–H groups in total. The molecule has 0 aliphatic heterocycles. The van der Waals surface area contributed by atoms with Crippen LogP contribution in [0.25, 0.3) is 0 Å². The van der Waals surface area contributed by atoms with E-state index in [2.05, 4.69) is 20.6 Å². The number of hydrogen-bond acceptors (Lipinski definition) is 5. The minimum Gasteiger partial charge on any atom is -0.381 e. The van der Waals surface area contributed by atoms with Gasteiger partial charge in [0.05, 0.1) is 12.4 Å². The Morgan fingerprint density at radius 3 is 2.90 bits per heavy atom. The highest BCUT2D eigenvalue weighted by atomic mass is 16.5. The Morgan fingerprint density at radius 2 is 2.25 bits per heavy atom. The van der Waals surface area contributed by atoms with E-state index >= 15 is 0 Å². The quantitative estimate of drug-likeness (QED) is 0.669. The third-order valence-electron chi connectivity index (χ3n) is 3.04. The van der Waals surface area contributed by atoms with E-state index in [1.165, 1.54) is 19.0 Å². The van der Waals surface area contributed by atoms with Crippen molar-refractivity contribution in [1.82, 2.24) is 15.3 Å². The van der Waals surface area contributed by atoms with Crippen LogP contribution in [0.3, 0.4) is 0 Å². The molecule has 1 aromatic rings. The van der Waals surface area contributed by atoms with Crippen LogP contribution in [0.4, 0.5) is 5.82 Å². The minimum atomic E-state index is -0.192. The lowest BCUT2D eigenvalue weighted by molar-refractivity contribution is 0.0932. The maximum atomic E-state index is 11.8. The van der Waals surface area contributed by atoms with Gasteiger partial charge in [0.1, 0.15) is 11.5 Å². The number of carbonyl (C=O) groups excluding carboxylic acids is 1. The van der Waals surface area contributed by atoms with Crippen molar-refractivity contribution < 1.29 is 9.53 Å². The molecule has 0 bridgehead atoms. The molecule has 0 radical (unpaired) electrons. The second-order valence-electron chi connectivity index (χ2n) is 4.94. The van der Waals surface area contributed by atoms with Crippen LogP contribution in [-0.4, -0.2) is 42.2 Å². The number of ether oxygens (including phenoxy) is 1. The zero-order valence-electron chi connectivity index (χ0n) is 11.9. The number of carbonyl (C=O) groups is 1. The molecule has 110 valence electrons. The standard InChI is InChI=1S/C14H22N4O2/c1-2-15-13-9-17-12(8-18-13)14(19)16-6-3-7-20-10-11-4-5-11/h8-9,11H,2-7,10H2,1H3,(H,15,18)(H,16,19). The lowest BCUT2D eigenvalue weighted by Gasteiger charge is -2.06. The molecule has 0 aromatic carbocycles. The molecule has 0 unspecified atom stereocenters. The SMILES string of the molecule is CCNc1cnc(C(=O)NCCCOCC2CC2)cn1. The van der Waals surface area contributed by atoms with Crippen molar-refractivity contribution in [2.75, 3.05) is 31.6 Å². The van der Waals surface area contributed by atoms with Gasteiger partial charge in [-0.3, -0.25) is 4.79 Å². The van der Waals surface area contributed by atoms with E-state index in [-0.39, 0.29) is 5.91 Å². The Hall–Kier alpha value is -1.69. The van der Waals surface area contributed by atoms with Gasteiger partial charge < -0.3 is 15.4 Å². The van der Waals surface area contributed by atoms with E-state index in [1.54, 1.807) is 6.20 Å². The fraction of sp³-hybridized carbons (Fsp3) is 0.643.